The molecular formula is C28H39N2+. The number of rotatable bonds is 9. The van der Waals surface area contributed by atoms with Crippen molar-refractivity contribution >= 4 is 23.2 Å². The number of allylic oxidation sites excluding steroid dienone is 1. The van der Waals surface area contributed by atoms with E-state index in [2.05, 4.69) is 106 Å². The van der Waals surface area contributed by atoms with Gasteiger partial charge in [0.05, 0.1) is 5.41 Å². The molecule has 0 atom stereocenters. The number of hydrogen-bond donors (Lipinski definition) is 0. The van der Waals surface area contributed by atoms with E-state index in [4.69, 9.17) is 0 Å². The summed E-state index contributed by atoms with van der Waals surface area (Å²) in [7, 11) is 2.19. The average Bonchev–Trinajstić information content (AvgIpc) is 2.92. The molecule has 160 valence electrons. The van der Waals surface area contributed by atoms with Crippen molar-refractivity contribution in [1.29, 1.82) is 0 Å². The Bertz CT molecular complexity index is 908. The number of unbranched alkanes of at least 4 members (excludes halogenated alkanes) is 2. The maximum atomic E-state index is 2.54. The number of nitrogens with zero attached hydrogens (tertiary/aromatic N) is 2. The Hall–Kier alpha value is -2.35. The minimum atomic E-state index is 0.0175. The summed E-state index contributed by atoms with van der Waals surface area (Å²) in [5.74, 6) is 0. The fraction of sp³-hybridized carbons (Fsp3) is 0.464. The fourth-order valence-corrected chi connectivity index (χ4v) is 4.49. The van der Waals surface area contributed by atoms with E-state index >= 15 is 0 Å². The molecule has 3 rings (SSSR count). The van der Waals surface area contributed by atoms with Gasteiger partial charge in [0, 0.05) is 36.5 Å². The van der Waals surface area contributed by atoms with Gasteiger partial charge in [-0.15, -0.1) is 0 Å². The van der Waals surface area contributed by atoms with Gasteiger partial charge in [-0.1, -0.05) is 50.5 Å². The molecule has 2 aromatic rings. The third-order valence-corrected chi connectivity index (χ3v) is 6.44. The second kappa shape index (κ2) is 9.64. The first-order valence-electron chi connectivity index (χ1n) is 11.6. The van der Waals surface area contributed by atoms with Crippen molar-refractivity contribution in [3.8, 4) is 0 Å². The summed E-state index contributed by atoms with van der Waals surface area (Å²) < 4.78 is 2.34. The minimum absolute atomic E-state index is 0.0175. The lowest BCUT2D eigenvalue weighted by Crippen LogP contribution is -2.26. The molecule has 30 heavy (non-hydrogen) atoms. The number of benzene rings is 2. The lowest BCUT2D eigenvalue weighted by molar-refractivity contribution is -0.401. The molecule has 0 aliphatic carbocycles. The van der Waals surface area contributed by atoms with E-state index < -0.39 is 0 Å². The average molecular weight is 404 g/mol. The molecule has 0 bridgehead atoms. The van der Waals surface area contributed by atoms with Crippen molar-refractivity contribution in [3.63, 3.8) is 0 Å². The number of hydrogen-bond acceptors (Lipinski definition) is 1. The van der Waals surface area contributed by atoms with Gasteiger partial charge in [-0.3, -0.25) is 0 Å². The summed E-state index contributed by atoms with van der Waals surface area (Å²) in [5.41, 5.74) is 8.04. The van der Waals surface area contributed by atoms with Gasteiger partial charge in [0.25, 0.3) is 0 Å². The first-order valence-corrected chi connectivity index (χ1v) is 11.6. The topological polar surface area (TPSA) is 6.25 Å². The zero-order valence-electron chi connectivity index (χ0n) is 19.8. The summed E-state index contributed by atoms with van der Waals surface area (Å²) in [6.45, 7) is 13.7. The number of aryl methyl sites for hydroxylation is 1. The van der Waals surface area contributed by atoms with Crippen molar-refractivity contribution in [2.24, 2.45) is 0 Å². The first-order chi connectivity index (χ1) is 14.4. The summed E-state index contributed by atoms with van der Waals surface area (Å²) in [6.07, 6.45) is 9.56. The van der Waals surface area contributed by atoms with E-state index in [1.807, 2.05) is 0 Å². The van der Waals surface area contributed by atoms with Crippen LogP contribution in [0.1, 0.15) is 70.1 Å². The highest BCUT2D eigenvalue weighted by molar-refractivity contribution is 6.05. The number of anilines is 1. The second-order valence-corrected chi connectivity index (χ2v) is 9.21. The summed E-state index contributed by atoms with van der Waals surface area (Å²) >= 11 is 0. The van der Waals surface area contributed by atoms with Crippen LogP contribution < -0.4 is 4.90 Å². The predicted octanol–water partition coefficient (Wildman–Crippen LogP) is 7.12. The first kappa shape index (κ1) is 22.3. The van der Waals surface area contributed by atoms with Gasteiger partial charge in [-0.05, 0) is 63.5 Å². The van der Waals surface area contributed by atoms with Crippen LogP contribution in [0.4, 0.5) is 11.4 Å². The highest BCUT2D eigenvalue weighted by atomic mass is 15.1. The highest BCUT2D eigenvalue weighted by Crippen LogP contribution is 2.39. The smallest absolute Gasteiger partial charge is 0.209 e. The van der Waals surface area contributed by atoms with Crippen LogP contribution in [0.2, 0.25) is 0 Å². The third kappa shape index (κ3) is 4.69. The van der Waals surface area contributed by atoms with Gasteiger partial charge >= 0.3 is 0 Å². The molecule has 2 nitrogen and oxygen atoms in total. The lowest BCUT2D eigenvalue weighted by atomic mass is 9.81. The Morgan fingerprint density at radius 1 is 0.900 bits per heavy atom. The maximum Gasteiger partial charge on any atom is 0.209 e. The van der Waals surface area contributed by atoms with Crippen LogP contribution in [0.5, 0.6) is 0 Å². The van der Waals surface area contributed by atoms with Crippen LogP contribution >= 0.6 is 0 Å². The monoisotopic (exact) mass is 403 g/mol. The highest BCUT2D eigenvalue weighted by Gasteiger charge is 2.42. The molecule has 2 heteroatoms. The maximum absolute atomic E-state index is 2.54. The van der Waals surface area contributed by atoms with E-state index in [-0.39, 0.29) is 5.41 Å². The van der Waals surface area contributed by atoms with Crippen molar-refractivity contribution in [2.75, 3.05) is 25.0 Å². The molecule has 0 saturated carbocycles. The van der Waals surface area contributed by atoms with Gasteiger partial charge in [0.2, 0.25) is 5.69 Å². The zero-order valence-corrected chi connectivity index (χ0v) is 19.8. The Morgan fingerprint density at radius 3 is 2.13 bits per heavy atom. The van der Waals surface area contributed by atoms with E-state index in [0.29, 0.717) is 0 Å². The Labute approximate surface area is 183 Å². The molecule has 0 amide bonds. The van der Waals surface area contributed by atoms with Crippen molar-refractivity contribution < 1.29 is 4.58 Å². The molecule has 0 N–H and O–H groups in total. The van der Waals surface area contributed by atoms with Crippen molar-refractivity contribution in [2.45, 2.75) is 65.7 Å². The van der Waals surface area contributed by atoms with Gasteiger partial charge in [0.1, 0.15) is 7.05 Å². The molecule has 1 aliphatic heterocycles. The third-order valence-electron chi connectivity index (χ3n) is 6.44. The predicted molar refractivity (Wildman–Crippen MR) is 133 cm³/mol. The molecule has 0 saturated heterocycles. The van der Waals surface area contributed by atoms with E-state index in [1.165, 1.54) is 59.5 Å². The molecular weight excluding hydrogens is 364 g/mol. The van der Waals surface area contributed by atoms with Crippen LogP contribution in [0.25, 0.3) is 6.08 Å². The summed E-state index contributed by atoms with van der Waals surface area (Å²) in [6, 6.07) is 15.9. The Kier molecular flexibility index (Phi) is 7.18. The van der Waals surface area contributed by atoms with Crippen LogP contribution in [0.15, 0.2) is 48.5 Å². The zero-order chi connectivity index (χ0) is 21.7. The molecule has 1 aliphatic rings. The fourth-order valence-electron chi connectivity index (χ4n) is 4.49. The molecule has 0 fully saturated rings. The van der Waals surface area contributed by atoms with Crippen LogP contribution in [0, 0.1) is 6.92 Å². The quantitative estimate of drug-likeness (QED) is 0.404. The Morgan fingerprint density at radius 2 is 1.53 bits per heavy atom. The molecule has 0 aromatic heterocycles. The van der Waals surface area contributed by atoms with Gasteiger partial charge < -0.3 is 4.90 Å². The lowest BCUT2D eigenvalue weighted by Gasteiger charge is -2.24. The largest absolute Gasteiger partial charge is 0.372 e. The molecule has 2 aromatic carbocycles. The number of fused-ring (bicyclic) bond motifs is 1. The van der Waals surface area contributed by atoms with Gasteiger partial charge in [-0.2, -0.15) is 4.58 Å². The SMILES string of the molecule is CCCCN(CCCC)c1ccc(C=CC2=[N+](C)c3ccc(C)cc3C2(C)C)cc1. The van der Waals surface area contributed by atoms with Crippen molar-refractivity contribution in [1.82, 2.24) is 0 Å². The molecule has 0 unspecified atom stereocenters. The van der Waals surface area contributed by atoms with E-state index in [1.54, 1.807) is 0 Å². The van der Waals surface area contributed by atoms with Gasteiger partial charge in [0.15, 0.2) is 5.71 Å². The van der Waals surface area contributed by atoms with Crippen LogP contribution in [-0.4, -0.2) is 30.4 Å². The standard InChI is InChI=1S/C28H39N2/c1-7-9-19-30(20-10-8-2)24-15-12-23(13-16-24)14-18-27-28(4,5)25-21-22(3)11-17-26(25)29(27)6/h11-18,21H,7-10,19-20H2,1-6H3/q+1. The van der Waals surface area contributed by atoms with E-state index in [0.717, 1.165) is 13.1 Å². The molecule has 0 radical (unpaired) electrons. The van der Waals surface area contributed by atoms with E-state index in [9.17, 15) is 0 Å². The molecule has 1 heterocycles. The van der Waals surface area contributed by atoms with Gasteiger partial charge in [-0.25, -0.2) is 0 Å². The molecule has 0 spiro atoms. The van der Waals surface area contributed by atoms with Crippen LogP contribution in [-0.2, 0) is 5.41 Å². The summed E-state index contributed by atoms with van der Waals surface area (Å²) in [4.78, 5) is 2.54. The summed E-state index contributed by atoms with van der Waals surface area (Å²) in [5, 5.41) is 0. The Balaban J connectivity index is 1.79. The normalized spacial score (nSPS) is 15.1. The second-order valence-electron chi connectivity index (χ2n) is 9.21. The van der Waals surface area contributed by atoms with Crippen LogP contribution in [0.3, 0.4) is 0 Å². The minimum Gasteiger partial charge on any atom is -0.372 e. The van der Waals surface area contributed by atoms with Crippen molar-refractivity contribution in [3.05, 3.63) is 65.2 Å².